The van der Waals surface area contributed by atoms with E-state index in [0.717, 1.165) is 5.70 Å². The number of aliphatic imine (C=N–C) groups is 1. The molecule has 0 spiro atoms. The zero-order valence-electron chi connectivity index (χ0n) is 7.68. The van der Waals surface area contributed by atoms with Gasteiger partial charge in [0.2, 0.25) is 0 Å². The molecular formula is C8H17N3. The van der Waals surface area contributed by atoms with Crippen molar-refractivity contribution in [3.63, 3.8) is 0 Å². The Kier molecular flexibility index (Phi) is 3.82. The molecule has 0 heterocycles. The molecule has 0 fully saturated rings. The van der Waals surface area contributed by atoms with Gasteiger partial charge in [0, 0.05) is 17.8 Å². The summed E-state index contributed by atoms with van der Waals surface area (Å²) in [5.74, 6) is 5.16. The fourth-order valence-corrected chi connectivity index (χ4v) is 0.665. The molecular weight excluding hydrogens is 138 g/mol. The molecule has 0 atom stereocenters. The van der Waals surface area contributed by atoms with Crippen LogP contribution in [0.1, 0.15) is 27.7 Å². The van der Waals surface area contributed by atoms with E-state index < -0.39 is 0 Å². The standard InChI is InChI=1S/C8H17N3/c1-5-10-7(6-11-9)8(2,3)4/h5-6,11H,9H2,1-4H3/b7-6-,10-5?. The van der Waals surface area contributed by atoms with Gasteiger partial charge in [-0.2, -0.15) is 0 Å². The third-order valence-electron chi connectivity index (χ3n) is 1.26. The Hall–Kier alpha value is -0.830. The summed E-state index contributed by atoms with van der Waals surface area (Å²) in [5, 5.41) is 0. The lowest BCUT2D eigenvalue weighted by atomic mass is 9.93. The van der Waals surface area contributed by atoms with Gasteiger partial charge in [-0.3, -0.25) is 10.8 Å². The molecule has 0 radical (unpaired) electrons. The van der Waals surface area contributed by atoms with Gasteiger partial charge in [0.1, 0.15) is 0 Å². The number of nitrogens with one attached hydrogen (secondary N) is 1. The first-order valence-corrected chi connectivity index (χ1v) is 3.68. The number of nitrogens with two attached hydrogens (primary N) is 1. The van der Waals surface area contributed by atoms with Crippen LogP contribution in [0.5, 0.6) is 0 Å². The van der Waals surface area contributed by atoms with Crippen molar-refractivity contribution >= 4 is 6.21 Å². The summed E-state index contributed by atoms with van der Waals surface area (Å²) in [6.07, 6.45) is 3.47. The smallest absolute Gasteiger partial charge is 0.0623 e. The van der Waals surface area contributed by atoms with Gasteiger partial charge in [-0.25, -0.2) is 0 Å². The van der Waals surface area contributed by atoms with E-state index in [1.54, 1.807) is 12.4 Å². The SMILES string of the molecule is CC=N/C(=C\NN)C(C)(C)C. The van der Waals surface area contributed by atoms with Crippen LogP contribution in [0.4, 0.5) is 0 Å². The second-order valence-corrected chi connectivity index (χ2v) is 3.33. The Balaban J connectivity index is 4.48. The van der Waals surface area contributed by atoms with Crippen LogP contribution in [0.3, 0.4) is 0 Å². The molecule has 0 aromatic carbocycles. The lowest BCUT2D eigenvalue weighted by Crippen LogP contribution is -2.18. The first kappa shape index (κ1) is 10.2. The van der Waals surface area contributed by atoms with Crippen molar-refractivity contribution in [3.8, 4) is 0 Å². The van der Waals surface area contributed by atoms with E-state index in [9.17, 15) is 0 Å². The molecule has 0 aromatic heterocycles. The van der Waals surface area contributed by atoms with Crippen molar-refractivity contribution in [2.75, 3.05) is 0 Å². The zero-order chi connectivity index (χ0) is 8.91. The molecule has 0 aromatic rings. The van der Waals surface area contributed by atoms with Crippen molar-refractivity contribution in [3.05, 3.63) is 11.9 Å². The lowest BCUT2D eigenvalue weighted by molar-refractivity contribution is 0.494. The Morgan fingerprint density at radius 2 is 2.00 bits per heavy atom. The summed E-state index contributed by atoms with van der Waals surface area (Å²) >= 11 is 0. The molecule has 64 valence electrons. The average Bonchev–Trinajstić information content (AvgIpc) is 1.85. The predicted molar refractivity (Wildman–Crippen MR) is 49.0 cm³/mol. The molecule has 0 unspecified atom stereocenters. The van der Waals surface area contributed by atoms with Crippen molar-refractivity contribution in [2.24, 2.45) is 16.3 Å². The topological polar surface area (TPSA) is 50.4 Å². The van der Waals surface area contributed by atoms with Crippen LogP contribution in [0.25, 0.3) is 0 Å². The van der Waals surface area contributed by atoms with Crippen molar-refractivity contribution < 1.29 is 0 Å². The summed E-state index contributed by atoms with van der Waals surface area (Å²) in [7, 11) is 0. The highest BCUT2D eigenvalue weighted by molar-refractivity contribution is 5.55. The van der Waals surface area contributed by atoms with Crippen LogP contribution < -0.4 is 11.3 Å². The van der Waals surface area contributed by atoms with Crippen LogP contribution in [-0.2, 0) is 0 Å². The van der Waals surface area contributed by atoms with E-state index in [0.29, 0.717) is 0 Å². The van der Waals surface area contributed by atoms with E-state index in [1.807, 2.05) is 6.92 Å². The number of rotatable bonds is 2. The molecule has 0 aliphatic rings. The van der Waals surface area contributed by atoms with Crippen LogP contribution in [0.2, 0.25) is 0 Å². The van der Waals surface area contributed by atoms with Gasteiger partial charge in [-0.1, -0.05) is 20.8 Å². The Morgan fingerprint density at radius 3 is 2.27 bits per heavy atom. The Morgan fingerprint density at radius 1 is 1.45 bits per heavy atom. The second kappa shape index (κ2) is 4.13. The van der Waals surface area contributed by atoms with Gasteiger partial charge in [0.15, 0.2) is 0 Å². The van der Waals surface area contributed by atoms with E-state index in [4.69, 9.17) is 5.84 Å². The monoisotopic (exact) mass is 155 g/mol. The minimum absolute atomic E-state index is 0.0406. The van der Waals surface area contributed by atoms with E-state index >= 15 is 0 Å². The molecule has 0 rings (SSSR count). The maximum Gasteiger partial charge on any atom is 0.0623 e. The van der Waals surface area contributed by atoms with Crippen LogP contribution in [-0.4, -0.2) is 6.21 Å². The Bertz CT molecular complexity index is 163. The van der Waals surface area contributed by atoms with Crippen molar-refractivity contribution in [1.82, 2.24) is 5.43 Å². The van der Waals surface area contributed by atoms with Gasteiger partial charge < -0.3 is 5.43 Å². The van der Waals surface area contributed by atoms with Crippen molar-refractivity contribution in [1.29, 1.82) is 0 Å². The number of hydrogen-bond donors (Lipinski definition) is 2. The fourth-order valence-electron chi connectivity index (χ4n) is 0.665. The quantitative estimate of drug-likeness (QED) is 0.360. The number of hydrazine groups is 1. The molecule has 3 nitrogen and oxygen atoms in total. The largest absolute Gasteiger partial charge is 0.330 e. The van der Waals surface area contributed by atoms with Gasteiger partial charge in [0.25, 0.3) is 0 Å². The molecule has 3 N–H and O–H groups in total. The average molecular weight is 155 g/mol. The summed E-state index contributed by atoms with van der Waals surface area (Å²) in [5.41, 5.74) is 3.47. The fraction of sp³-hybridized carbons (Fsp3) is 0.625. The lowest BCUT2D eigenvalue weighted by Gasteiger charge is -2.18. The van der Waals surface area contributed by atoms with E-state index in [1.165, 1.54) is 0 Å². The molecule has 0 saturated carbocycles. The van der Waals surface area contributed by atoms with Gasteiger partial charge in [-0.05, 0) is 6.92 Å². The first-order valence-electron chi connectivity index (χ1n) is 3.68. The molecule has 11 heavy (non-hydrogen) atoms. The molecule has 0 bridgehead atoms. The predicted octanol–water partition coefficient (Wildman–Crippen LogP) is 1.43. The second-order valence-electron chi connectivity index (χ2n) is 3.33. The minimum Gasteiger partial charge on any atom is -0.330 e. The highest BCUT2D eigenvalue weighted by Crippen LogP contribution is 2.24. The van der Waals surface area contributed by atoms with Crippen molar-refractivity contribution in [2.45, 2.75) is 27.7 Å². The number of allylic oxidation sites excluding steroid dienone is 1. The number of hydrogen-bond acceptors (Lipinski definition) is 3. The van der Waals surface area contributed by atoms with Gasteiger partial charge >= 0.3 is 0 Å². The third-order valence-corrected chi connectivity index (χ3v) is 1.26. The normalized spacial score (nSPS) is 14.1. The summed E-state index contributed by atoms with van der Waals surface area (Å²) in [4.78, 5) is 4.18. The van der Waals surface area contributed by atoms with Crippen LogP contribution in [0.15, 0.2) is 16.9 Å². The minimum atomic E-state index is 0.0406. The highest BCUT2D eigenvalue weighted by atomic mass is 15.2. The first-order chi connectivity index (χ1) is 5.02. The van der Waals surface area contributed by atoms with E-state index in [2.05, 4.69) is 31.2 Å². The maximum absolute atomic E-state index is 5.16. The zero-order valence-corrected chi connectivity index (χ0v) is 7.68. The van der Waals surface area contributed by atoms with Gasteiger partial charge in [0.05, 0.1) is 5.70 Å². The summed E-state index contributed by atoms with van der Waals surface area (Å²) < 4.78 is 0. The highest BCUT2D eigenvalue weighted by Gasteiger charge is 2.15. The summed E-state index contributed by atoms with van der Waals surface area (Å²) in [6, 6.07) is 0. The molecule has 0 aliphatic carbocycles. The molecule has 3 heteroatoms. The molecule has 0 aliphatic heterocycles. The maximum atomic E-state index is 5.16. The third kappa shape index (κ3) is 3.78. The Labute approximate surface area is 68.4 Å². The molecule has 0 saturated heterocycles. The molecule has 0 amide bonds. The summed E-state index contributed by atoms with van der Waals surface area (Å²) in [6.45, 7) is 8.14. The van der Waals surface area contributed by atoms with E-state index in [-0.39, 0.29) is 5.41 Å². The van der Waals surface area contributed by atoms with Gasteiger partial charge in [-0.15, -0.1) is 0 Å². The van der Waals surface area contributed by atoms with Crippen LogP contribution >= 0.6 is 0 Å². The number of nitrogens with zero attached hydrogens (tertiary/aromatic N) is 1. The van der Waals surface area contributed by atoms with Crippen LogP contribution in [0, 0.1) is 5.41 Å².